The molecule has 3 atom stereocenters. The highest BCUT2D eigenvalue weighted by molar-refractivity contribution is 7.14. The second-order valence-corrected chi connectivity index (χ2v) is 13.4. The fraction of sp³-hybridized carbons (Fsp3) is 0.567. The van der Waals surface area contributed by atoms with Gasteiger partial charge in [-0.25, -0.2) is 0 Å². The van der Waals surface area contributed by atoms with Gasteiger partial charge in [0.05, 0.1) is 17.3 Å². The summed E-state index contributed by atoms with van der Waals surface area (Å²) in [5.74, 6) is -3.18. The molecule has 3 N–H and O–H groups in total. The maximum absolute atomic E-state index is 11.2. The summed E-state index contributed by atoms with van der Waals surface area (Å²) in [6.07, 6.45) is 5.99. The lowest BCUT2D eigenvalue weighted by Gasteiger charge is -2.36. The summed E-state index contributed by atoms with van der Waals surface area (Å²) in [6.45, 7) is 12.1. The van der Waals surface area contributed by atoms with Gasteiger partial charge in [0.2, 0.25) is 0 Å². The average Bonchev–Trinajstić information content (AvgIpc) is 3.55. The summed E-state index contributed by atoms with van der Waals surface area (Å²) in [7, 11) is 0. The molecule has 7 nitrogen and oxygen atoms in total. The highest BCUT2D eigenvalue weighted by Gasteiger charge is 2.58. The molecule has 0 radical (unpaired) electrons. The summed E-state index contributed by atoms with van der Waals surface area (Å²) in [5.41, 5.74) is 2.38. The normalized spacial score (nSPS) is 24.4. The lowest BCUT2D eigenvalue weighted by Crippen LogP contribution is -2.42. The van der Waals surface area contributed by atoms with Gasteiger partial charge >= 0.3 is 17.9 Å². The van der Waals surface area contributed by atoms with Crippen molar-refractivity contribution in [2.75, 3.05) is 19.6 Å². The van der Waals surface area contributed by atoms with E-state index in [2.05, 4.69) is 47.7 Å². The molecule has 1 saturated heterocycles. The van der Waals surface area contributed by atoms with Gasteiger partial charge in [0.1, 0.15) is 0 Å². The second kappa shape index (κ2) is 12.8. The Morgan fingerprint density at radius 1 is 0.974 bits per heavy atom. The van der Waals surface area contributed by atoms with Crippen molar-refractivity contribution in [3.8, 4) is 0 Å². The maximum Gasteiger partial charge on any atom is 0.309 e. The Hall–Kier alpha value is -2.49. The van der Waals surface area contributed by atoms with Crippen LogP contribution in [0.2, 0.25) is 0 Å². The van der Waals surface area contributed by atoms with Gasteiger partial charge in [-0.1, -0.05) is 19.9 Å². The van der Waals surface area contributed by atoms with Crippen molar-refractivity contribution < 1.29 is 29.7 Å². The van der Waals surface area contributed by atoms with Crippen molar-refractivity contribution in [1.82, 2.24) is 4.90 Å². The van der Waals surface area contributed by atoms with E-state index in [1.54, 1.807) is 43.4 Å². The summed E-state index contributed by atoms with van der Waals surface area (Å²) in [5, 5.41) is 31.6. The summed E-state index contributed by atoms with van der Waals surface area (Å²) in [6, 6.07) is 4.36. The molecular formula is C30H41NO6S2. The number of aliphatic carboxylic acids is 3. The van der Waals surface area contributed by atoms with Crippen LogP contribution in [0.4, 0.5) is 0 Å². The molecule has 2 fully saturated rings. The first-order valence-electron chi connectivity index (χ1n) is 13.5. The predicted molar refractivity (Wildman–Crippen MR) is 156 cm³/mol. The van der Waals surface area contributed by atoms with Gasteiger partial charge in [-0.3, -0.25) is 14.4 Å². The van der Waals surface area contributed by atoms with Crippen LogP contribution < -0.4 is 0 Å². The van der Waals surface area contributed by atoms with Crippen molar-refractivity contribution >= 4 is 46.2 Å². The summed E-state index contributed by atoms with van der Waals surface area (Å²) < 4.78 is 0. The first-order valence-corrected chi connectivity index (χ1v) is 15.3. The molecule has 2 unspecified atom stereocenters. The molecule has 0 aromatic carbocycles. The number of nitrogens with zero attached hydrogens (tertiary/aromatic N) is 1. The Labute approximate surface area is 239 Å². The third-order valence-corrected chi connectivity index (χ3v) is 11.0. The highest BCUT2D eigenvalue weighted by Crippen LogP contribution is 2.56. The molecule has 2 aromatic rings. The topological polar surface area (TPSA) is 115 Å². The van der Waals surface area contributed by atoms with Crippen molar-refractivity contribution in [3.63, 3.8) is 0 Å². The summed E-state index contributed by atoms with van der Waals surface area (Å²) in [4.78, 5) is 38.3. The number of hydrogen-bond donors (Lipinski definition) is 3. The van der Waals surface area contributed by atoms with Gasteiger partial charge in [0.25, 0.3) is 0 Å². The summed E-state index contributed by atoms with van der Waals surface area (Å²) >= 11 is 3.60. The van der Waals surface area contributed by atoms with Crippen molar-refractivity contribution in [2.24, 2.45) is 22.7 Å². The van der Waals surface area contributed by atoms with Crippen LogP contribution in [0.5, 0.6) is 0 Å². The van der Waals surface area contributed by atoms with E-state index >= 15 is 0 Å². The van der Waals surface area contributed by atoms with E-state index < -0.39 is 34.7 Å². The molecule has 4 rings (SSSR count). The first kappa shape index (κ1) is 31.0. The largest absolute Gasteiger partial charge is 0.481 e. The minimum atomic E-state index is -0.921. The monoisotopic (exact) mass is 575 g/mol. The zero-order valence-electron chi connectivity index (χ0n) is 23.5. The van der Waals surface area contributed by atoms with Crippen molar-refractivity contribution in [2.45, 2.75) is 66.7 Å². The van der Waals surface area contributed by atoms with Crippen LogP contribution in [0, 0.1) is 36.5 Å². The number of rotatable bonds is 8. The van der Waals surface area contributed by atoms with Gasteiger partial charge < -0.3 is 20.2 Å². The maximum atomic E-state index is 11.2. The van der Waals surface area contributed by atoms with E-state index in [9.17, 15) is 19.5 Å². The smallest absolute Gasteiger partial charge is 0.309 e. The molecule has 0 spiro atoms. The number of thiophene rings is 2. The lowest BCUT2D eigenvalue weighted by atomic mass is 9.66. The predicted octanol–water partition coefficient (Wildman–Crippen LogP) is 6.64. The average molecular weight is 576 g/mol. The fourth-order valence-corrected chi connectivity index (χ4v) is 7.77. The molecule has 1 aliphatic heterocycles. The van der Waals surface area contributed by atoms with Gasteiger partial charge in [-0.2, -0.15) is 0 Å². The Bertz CT molecular complexity index is 1170. The van der Waals surface area contributed by atoms with Crippen LogP contribution in [-0.2, 0) is 14.4 Å². The molecule has 0 bridgehead atoms. The molecule has 3 heterocycles. The molecule has 1 saturated carbocycles. The van der Waals surface area contributed by atoms with Crippen LogP contribution in [0.1, 0.15) is 73.8 Å². The number of carbonyl (C=O) groups is 3. The van der Waals surface area contributed by atoms with E-state index in [0.29, 0.717) is 19.4 Å². The molecule has 9 heteroatoms. The molecule has 2 aromatic heterocycles. The van der Waals surface area contributed by atoms with E-state index in [-0.39, 0.29) is 5.92 Å². The molecule has 0 amide bonds. The van der Waals surface area contributed by atoms with Crippen molar-refractivity contribution in [1.29, 1.82) is 0 Å². The van der Waals surface area contributed by atoms with E-state index in [0.717, 1.165) is 32.4 Å². The number of carboxylic acid groups (broad SMARTS) is 3. The molecular weight excluding hydrogens is 534 g/mol. The van der Waals surface area contributed by atoms with Crippen LogP contribution in [0.15, 0.2) is 29.0 Å². The molecule has 39 heavy (non-hydrogen) atoms. The molecule has 1 aliphatic carbocycles. The van der Waals surface area contributed by atoms with Crippen LogP contribution >= 0.6 is 22.7 Å². The Morgan fingerprint density at radius 2 is 1.56 bits per heavy atom. The SMILES string of the molecule is CC1(C(=O)O)CCC(C(=O)O)C1(C)C.Cc1ccsc1C(=CCCN1CCC[C@@H](C(=O)O)C1)c1sccc1C. The molecule has 2 aliphatic rings. The van der Waals surface area contributed by atoms with Gasteiger partial charge in [0.15, 0.2) is 0 Å². The quantitative estimate of drug-likeness (QED) is 0.323. The van der Waals surface area contributed by atoms with E-state index in [1.807, 2.05) is 0 Å². The Balaban J connectivity index is 0.000000255. The van der Waals surface area contributed by atoms with Crippen LogP contribution in [0.3, 0.4) is 0 Å². The van der Waals surface area contributed by atoms with E-state index in [4.69, 9.17) is 10.2 Å². The number of aryl methyl sites for hydroxylation is 2. The van der Waals surface area contributed by atoms with Crippen LogP contribution in [-0.4, -0.2) is 57.8 Å². The minimum Gasteiger partial charge on any atom is -0.481 e. The standard InChI is InChI=1S/C20H25NO2S2.C10H16O4/c1-14-7-11-24-18(14)17(19-15(2)8-12-25-19)6-4-10-21-9-3-5-16(13-21)20(22)23;1-9(2)6(7(11)12)4-5-10(9,3)8(13)14/h6-8,11-12,16H,3-5,9-10,13H2,1-2H3,(H,22,23);6H,4-5H2,1-3H3,(H,11,12)(H,13,14)/t16-;/m1./s1. The van der Waals surface area contributed by atoms with Crippen LogP contribution in [0.25, 0.3) is 5.57 Å². The Kier molecular flexibility index (Phi) is 10.2. The Morgan fingerprint density at radius 3 is 1.97 bits per heavy atom. The number of piperidine rings is 1. The van der Waals surface area contributed by atoms with Gasteiger partial charge in [-0.05, 0) is 98.9 Å². The minimum absolute atomic E-state index is 0.198. The van der Waals surface area contributed by atoms with Crippen molar-refractivity contribution in [3.05, 3.63) is 49.9 Å². The zero-order valence-corrected chi connectivity index (χ0v) is 25.2. The number of hydrogen-bond acceptors (Lipinski definition) is 6. The molecule has 214 valence electrons. The lowest BCUT2D eigenvalue weighted by molar-refractivity contribution is -0.157. The highest BCUT2D eigenvalue weighted by atomic mass is 32.1. The van der Waals surface area contributed by atoms with Gasteiger partial charge in [-0.15, -0.1) is 22.7 Å². The zero-order chi connectivity index (χ0) is 29.0. The third-order valence-electron chi connectivity index (χ3n) is 8.86. The van der Waals surface area contributed by atoms with Gasteiger partial charge in [0, 0.05) is 28.4 Å². The third kappa shape index (κ3) is 6.81. The fourth-order valence-electron chi connectivity index (χ4n) is 5.75. The number of likely N-dealkylation sites (tertiary alicyclic amines) is 1. The van der Waals surface area contributed by atoms with E-state index in [1.165, 1.54) is 26.5 Å². The first-order chi connectivity index (χ1) is 18.3. The second-order valence-electron chi connectivity index (χ2n) is 11.5. The number of carboxylic acids is 3.